The van der Waals surface area contributed by atoms with Crippen LogP contribution >= 0.6 is 0 Å². The summed E-state index contributed by atoms with van der Waals surface area (Å²) in [4.78, 5) is 0. The number of nitrogens with two attached hydrogens (primary N) is 1. The standard InChI is InChI=1S/C24H18N2O2/c25-18-10-2-5-13-21(18)27-20-12-4-1-8-16(20)17-9-7-15-23-24(17)26-19-11-3-6-14-22(19)28-23/h1-15,26H,25H2. The summed E-state index contributed by atoms with van der Waals surface area (Å²) in [5.74, 6) is 2.96. The zero-order valence-corrected chi connectivity index (χ0v) is 15.1. The molecule has 28 heavy (non-hydrogen) atoms. The van der Waals surface area contributed by atoms with Gasteiger partial charge >= 0.3 is 0 Å². The molecule has 0 saturated carbocycles. The Morgan fingerprint density at radius 3 is 2.21 bits per heavy atom. The topological polar surface area (TPSA) is 56.5 Å². The van der Waals surface area contributed by atoms with Gasteiger partial charge in [-0.25, -0.2) is 0 Å². The van der Waals surface area contributed by atoms with Crippen molar-refractivity contribution in [2.75, 3.05) is 11.1 Å². The van der Waals surface area contributed by atoms with Crippen molar-refractivity contribution in [2.24, 2.45) is 0 Å². The van der Waals surface area contributed by atoms with Gasteiger partial charge in [-0.2, -0.15) is 0 Å². The van der Waals surface area contributed by atoms with Gasteiger partial charge in [-0.15, -0.1) is 0 Å². The fraction of sp³-hybridized carbons (Fsp3) is 0. The van der Waals surface area contributed by atoms with Crippen LogP contribution in [0.1, 0.15) is 0 Å². The molecule has 0 unspecified atom stereocenters. The largest absolute Gasteiger partial charge is 0.455 e. The molecule has 0 aromatic heterocycles. The molecular formula is C24H18N2O2. The Hall–Kier alpha value is -3.92. The predicted octanol–water partition coefficient (Wildman–Crippen LogP) is 6.58. The highest BCUT2D eigenvalue weighted by Gasteiger charge is 2.21. The second-order valence-electron chi connectivity index (χ2n) is 6.54. The van der Waals surface area contributed by atoms with E-state index >= 15 is 0 Å². The van der Waals surface area contributed by atoms with Crippen molar-refractivity contribution in [1.82, 2.24) is 0 Å². The van der Waals surface area contributed by atoms with Crippen LogP contribution in [0.25, 0.3) is 11.1 Å². The summed E-state index contributed by atoms with van der Waals surface area (Å²) in [5.41, 5.74) is 10.5. The Kier molecular flexibility index (Phi) is 3.87. The van der Waals surface area contributed by atoms with E-state index < -0.39 is 0 Å². The van der Waals surface area contributed by atoms with Gasteiger partial charge in [0, 0.05) is 11.1 Å². The minimum atomic E-state index is 0.600. The summed E-state index contributed by atoms with van der Waals surface area (Å²) >= 11 is 0. The molecule has 0 saturated heterocycles. The molecule has 136 valence electrons. The van der Waals surface area contributed by atoms with Gasteiger partial charge in [0.1, 0.15) is 11.5 Å². The van der Waals surface area contributed by atoms with E-state index in [4.69, 9.17) is 15.2 Å². The number of anilines is 3. The van der Waals surface area contributed by atoms with E-state index in [-0.39, 0.29) is 0 Å². The van der Waals surface area contributed by atoms with Crippen LogP contribution in [0, 0.1) is 0 Å². The van der Waals surface area contributed by atoms with Crippen molar-refractivity contribution in [3.05, 3.63) is 91.0 Å². The molecule has 0 bridgehead atoms. The summed E-state index contributed by atoms with van der Waals surface area (Å²) < 4.78 is 12.3. The normalized spacial score (nSPS) is 11.6. The number of benzene rings is 4. The highest BCUT2D eigenvalue weighted by molar-refractivity contribution is 5.90. The maximum Gasteiger partial charge on any atom is 0.151 e. The molecule has 0 amide bonds. The molecule has 0 radical (unpaired) electrons. The highest BCUT2D eigenvalue weighted by Crippen LogP contribution is 2.48. The maximum atomic E-state index is 6.16. The van der Waals surface area contributed by atoms with E-state index in [2.05, 4.69) is 11.4 Å². The van der Waals surface area contributed by atoms with Crippen molar-refractivity contribution < 1.29 is 9.47 Å². The Morgan fingerprint density at radius 1 is 0.643 bits per heavy atom. The number of rotatable bonds is 3. The molecule has 1 heterocycles. The zero-order chi connectivity index (χ0) is 18.9. The smallest absolute Gasteiger partial charge is 0.151 e. The number of hydrogen-bond acceptors (Lipinski definition) is 4. The molecule has 1 aliphatic heterocycles. The molecule has 4 heteroatoms. The molecule has 3 N–H and O–H groups in total. The lowest BCUT2D eigenvalue weighted by Gasteiger charge is -2.24. The van der Waals surface area contributed by atoms with Gasteiger partial charge in [-0.3, -0.25) is 0 Å². The molecule has 4 nitrogen and oxygen atoms in total. The SMILES string of the molecule is Nc1ccccc1Oc1ccccc1-c1cccc2c1Nc1ccccc1O2. The lowest BCUT2D eigenvalue weighted by molar-refractivity contribution is 0.480. The fourth-order valence-corrected chi connectivity index (χ4v) is 3.35. The Balaban J connectivity index is 1.60. The van der Waals surface area contributed by atoms with E-state index in [0.29, 0.717) is 11.4 Å². The second kappa shape index (κ2) is 6.67. The van der Waals surface area contributed by atoms with Crippen LogP contribution in [0.5, 0.6) is 23.0 Å². The third-order valence-corrected chi connectivity index (χ3v) is 4.71. The summed E-state index contributed by atoms with van der Waals surface area (Å²) in [5, 5.41) is 3.50. The van der Waals surface area contributed by atoms with Crippen LogP contribution < -0.4 is 20.5 Å². The number of nitrogen functional groups attached to an aromatic ring is 1. The zero-order valence-electron chi connectivity index (χ0n) is 15.1. The molecule has 0 fully saturated rings. The quantitative estimate of drug-likeness (QED) is 0.354. The Bertz CT molecular complexity index is 1170. The molecule has 0 spiro atoms. The van der Waals surface area contributed by atoms with E-state index in [1.807, 2.05) is 84.9 Å². The van der Waals surface area contributed by atoms with Crippen LogP contribution in [-0.2, 0) is 0 Å². The third kappa shape index (κ3) is 2.81. The number of nitrogens with one attached hydrogen (secondary N) is 1. The van der Waals surface area contributed by atoms with Crippen LogP contribution in [0.4, 0.5) is 17.1 Å². The van der Waals surface area contributed by atoms with Gasteiger partial charge in [-0.05, 0) is 36.4 Å². The van der Waals surface area contributed by atoms with E-state index in [9.17, 15) is 0 Å². The van der Waals surface area contributed by atoms with Gasteiger partial charge in [0.25, 0.3) is 0 Å². The van der Waals surface area contributed by atoms with E-state index in [1.54, 1.807) is 0 Å². The third-order valence-electron chi connectivity index (χ3n) is 4.71. The first-order chi connectivity index (χ1) is 13.8. The first kappa shape index (κ1) is 16.3. The minimum Gasteiger partial charge on any atom is -0.455 e. The van der Waals surface area contributed by atoms with Gasteiger partial charge in [0.05, 0.1) is 17.1 Å². The van der Waals surface area contributed by atoms with Crippen molar-refractivity contribution in [2.45, 2.75) is 0 Å². The molecule has 0 aliphatic carbocycles. The van der Waals surface area contributed by atoms with Crippen LogP contribution in [-0.4, -0.2) is 0 Å². The monoisotopic (exact) mass is 366 g/mol. The fourth-order valence-electron chi connectivity index (χ4n) is 3.35. The van der Waals surface area contributed by atoms with Crippen molar-refractivity contribution in [3.63, 3.8) is 0 Å². The van der Waals surface area contributed by atoms with Gasteiger partial charge < -0.3 is 20.5 Å². The molecular weight excluding hydrogens is 348 g/mol. The van der Waals surface area contributed by atoms with E-state index in [1.165, 1.54) is 0 Å². The lowest BCUT2D eigenvalue weighted by atomic mass is 10.0. The molecule has 4 aromatic rings. The lowest BCUT2D eigenvalue weighted by Crippen LogP contribution is -2.04. The van der Waals surface area contributed by atoms with Crippen LogP contribution in [0.15, 0.2) is 91.0 Å². The maximum absolute atomic E-state index is 6.16. The van der Waals surface area contributed by atoms with Crippen LogP contribution in [0.2, 0.25) is 0 Å². The second-order valence-corrected chi connectivity index (χ2v) is 6.54. The molecule has 1 aliphatic rings. The molecule has 0 atom stereocenters. The average Bonchev–Trinajstić information content (AvgIpc) is 2.74. The number of hydrogen-bond donors (Lipinski definition) is 2. The van der Waals surface area contributed by atoms with Gasteiger partial charge in [-0.1, -0.05) is 54.6 Å². The summed E-state index contributed by atoms with van der Waals surface area (Å²) in [7, 11) is 0. The van der Waals surface area contributed by atoms with Crippen molar-refractivity contribution in [3.8, 4) is 34.1 Å². The van der Waals surface area contributed by atoms with Crippen molar-refractivity contribution >= 4 is 17.1 Å². The number of fused-ring (bicyclic) bond motifs is 2. The van der Waals surface area contributed by atoms with Crippen molar-refractivity contribution in [1.29, 1.82) is 0 Å². The van der Waals surface area contributed by atoms with Gasteiger partial charge in [0.15, 0.2) is 11.5 Å². The Morgan fingerprint density at radius 2 is 1.32 bits per heavy atom. The Labute approximate surface area is 163 Å². The first-order valence-corrected chi connectivity index (χ1v) is 9.08. The minimum absolute atomic E-state index is 0.600. The summed E-state index contributed by atoms with van der Waals surface area (Å²) in [6, 6.07) is 29.3. The van der Waals surface area contributed by atoms with Crippen LogP contribution in [0.3, 0.4) is 0 Å². The summed E-state index contributed by atoms with van der Waals surface area (Å²) in [6.07, 6.45) is 0. The highest BCUT2D eigenvalue weighted by atomic mass is 16.5. The summed E-state index contributed by atoms with van der Waals surface area (Å²) in [6.45, 7) is 0. The van der Waals surface area contributed by atoms with E-state index in [0.717, 1.165) is 39.8 Å². The number of para-hydroxylation sites is 6. The van der Waals surface area contributed by atoms with Gasteiger partial charge in [0.2, 0.25) is 0 Å². The molecule has 5 rings (SSSR count). The average molecular weight is 366 g/mol. The predicted molar refractivity (Wildman–Crippen MR) is 113 cm³/mol. The first-order valence-electron chi connectivity index (χ1n) is 9.08. The number of ether oxygens (including phenoxy) is 2. The molecule has 4 aromatic carbocycles.